The monoisotopic (exact) mass is 439 g/mol. The normalized spacial score (nSPS) is 14.3. The second kappa shape index (κ2) is 7.09. The Labute approximate surface area is 169 Å². The van der Waals surface area contributed by atoms with Crippen molar-refractivity contribution in [2.24, 2.45) is 0 Å². The molecule has 5 nitrogen and oxygen atoms in total. The summed E-state index contributed by atoms with van der Waals surface area (Å²) in [6, 6.07) is 16.0. The first kappa shape index (κ1) is 17.6. The molecule has 2 aromatic carbocycles. The van der Waals surface area contributed by atoms with E-state index in [0.29, 0.717) is 6.54 Å². The molecule has 2 amide bonds. The zero-order valence-corrected chi connectivity index (χ0v) is 16.4. The van der Waals surface area contributed by atoms with Crippen molar-refractivity contribution in [1.29, 1.82) is 0 Å². The predicted octanol–water partition coefficient (Wildman–Crippen LogP) is 3.37. The van der Waals surface area contributed by atoms with Gasteiger partial charge in [0.05, 0.1) is 0 Å². The number of benzene rings is 2. The summed E-state index contributed by atoms with van der Waals surface area (Å²) in [6.07, 6.45) is 3.56. The number of nitrogens with one attached hydrogen (secondary N) is 2. The van der Waals surface area contributed by atoms with E-state index in [1.807, 2.05) is 42.6 Å². The molecule has 4 rings (SSSR count). The molecule has 2 N–H and O–H groups in total. The lowest BCUT2D eigenvalue weighted by atomic mass is 10.1. The molecule has 3 aromatic rings. The lowest BCUT2D eigenvalue weighted by Gasteiger charge is -2.16. The molecular formula is C20H14BrN3O2S. The van der Waals surface area contributed by atoms with E-state index in [0.717, 1.165) is 26.5 Å². The standard InChI is InChI=1S/C20H14BrN3O2S/c21-14-7-5-12(6-8-14)10-24-11-13(15-3-1-2-4-17(15)24)9-16-18(25)22-20(27)23-19(16)26/h1-9,11H,10H2,(H2,22,23,25,26,27). The van der Waals surface area contributed by atoms with Crippen LogP contribution in [-0.4, -0.2) is 21.5 Å². The Morgan fingerprint density at radius 3 is 2.37 bits per heavy atom. The van der Waals surface area contributed by atoms with E-state index < -0.39 is 11.8 Å². The van der Waals surface area contributed by atoms with Crippen LogP contribution in [0.2, 0.25) is 0 Å². The molecule has 0 spiro atoms. The lowest BCUT2D eigenvalue weighted by molar-refractivity contribution is -0.123. The maximum atomic E-state index is 12.1. The molecule has 1 aliphatic heterocycles. The summed E-state index contributed by atoms with van der Waals surface area (Å²) < 4.78 is 3.13. The van der Waals surface area contributed by atoms with Crippen molar-refractivity contribution in [3.05, 3.63) is 75.9 Å². The van der Waals surface area contributed by atoms with Gasteiger partial charge in [0.1, 0.15) is 5.57 Å². The van der Waals surface area contributed by atoms with Gasteiger partial charge in [0.15, 0.2) is 5.11 Å². The summed E-state index contributed by atoms with van der Waals surface area (Å²) in [5, 5.41) is 5.92. The molecule has 0 radical (unpaired) electrons. The largest absolute Gasteiger partial charge is 0.342 e. The highest BCUT2D eigenvalue weighted by atomic mass is 79.9. The third-order valence-corrected chi connectivity index (χ3v) is 5.06. The first-order valence-corrected chi connectivity index (χ1v) is 9.42. The third-order valence-electron chi connectivity index (χ3n) is 4.33. The SMILES string of the molecule is O=C1NC(=S)NC(=O)C1=Cc1cn(Cc2ccc(Br)cc2)c2ccccc12. The molecule has 1 fully saturated rings. The van der Waals surface area contributed by atoms with E-state index in [9.17, 15) is 9.59 Å². The van der Waals surface area contributed by atoms with Crippen molar-refractivity contribution < 1.29 is 9.59 Å². The smallest absolute Gasteiger partial charge is 0.263 e. The van der Waals surface area contributed by atoms with Crippen LogP contribution in [0.4, 0.5) is 0 Å². The van der Waals surface area contributed by atoms with Crippen LogP contribution in [0.3, 0.4) is 0 Å². The number of nitrogens with zero attached hydrogens (tertiary/aromatic N) is 1. The Hall–Kier alpha value is -2.77. The van der Waals surface area contributed by atoms with Gasteiger partial charge in [0.2, 0.25) is 0 Å². The van der Waals surface area contributed by atoms with Crippen LogP contribution in [0.15, 0.2) is 64.8 Å². The Kier molecular flexibility index (Phi) is 4.63. The number of rotatable bonds is 3. The topological polar surface area (TPSA) is 63.1 Å². The number of hydrogen-bond acceptors (Lipinski definition) is 3. The number of carbonyl (C=O) groups excluding carboxylic acids is 2. The quantitative estimate of drug-likeness (QED) is 0.373. The number of thiocarbonyl (C=S) groups is 1. The summed E-state index contributed by atoms with van der Waals surface area (Å²) in [7, 11) is 0. The van der Waals surface area contributed by atoms with Crippen LogP contribution < -0.4 is 10.6 Å². The summed E-state index contributed by atoms with van der Waals surface area (Å²) in [5.41, 5.74) is 3.02. The second-order valence-corrected chi connectivity index (χ2v) is 7.48. The molecule has 0 atom stereocenters. The number of carbonyl (C=O) groups is 2. The number of aromatic nitrogens is 1. The highest BCUT2D eigenvalue weighted by molar-refractivity contribution is 9.10. The fraction of sp³-hybridized carbons (Fsp3) is 0.0500. The number of hydrogen-bond donors (Lipinski definition) is 2. The van der Waals surface area contributed by atoms with Crippen LogP contribution in [0.25, 0.3) is 17.0 Å². The van der Waals surface area contributed by atoms with Gasteiger partial charge in [0.25, 0.3) is 11.8 Å². The van der Waals surface area contributed by atoms with E-state index >= 15 is 0 Å². The van der Waals surface area contributed by atoms with Crippen molar-refractivity contribution in [2.45, 2.75) is 6.54 Å². The first-order valence-electron chi connectivity index (χ1n) is 8.22. The molecule has 1 aliphatic rings. The minimum atomic E-state index is -0.492. The first-order chi connectivity index (χ1) is 13.0. The molecule has 1 aromatic heterocycles. The van der Waals surface area contributed by atoms with Crippen molar-refractivity contribution in [2.75, 3.05) is 0 Å². The molecule has 0 bridgehead atoms. The number of fused-ring (bicyclic) bond motifs is 1. The van der Waals surface area contributed by atoms with E-state index in [4.69, 9.17) is 12.2 Å². The highest BCUT2D eigenvalue weighted by Crippen LogP contribution is 2.25. The molecular weight excluding hydrogens is 426 g/mol. The average Bonchev–Trinajstić information content (AvgIpc) is 2.98. The van der Waals surface area contributed by atoms with Gasteiger partial charge >= 0.3 is 0 Å². The van der Waals surface area contributed by atoms with Crippen molar-refractivity contribution in [1.82, 2.24) is 15.2 Å². The number of halogens is 1. The van der Waals surface area contributed by atoms with Crippen LogP contribution in [0.5, 0.6) is 0 Å². The van der Waals surface area contributed by atoms with Crippen molar-refractivity contribution in [3.8, 4) is 0 Å². The molecule has 27 heavy (non-hydrogen) atoms. The average molecular weight is 440 g/mol. The number of para-hydroxylation sites is 1. The summed E-state index contributed by atoms with van der Waals surface area (Å²) in [4.78, 5) is 24.3. The second-order valence-electron chi connectivity index (χ2n) is 6.15. The van der Waals surface area contributed by atoms with E-state index in [1.165, 1.54) is 0 Å². The van der Waals surface area contributed by atoms with E-state index in [-0.39, 0.29) is 10.7 Å². The van der Waals surface area contributed by atoms with Gasteiger partial charge in [-0.15, -0.1) is 0 Å². The highest BCUT2D eigenvalue weighted by Gasteiger charge is 2.26. The Balaban J connectivity index is 1.77. The number of amides is 2. The Morgan fingerprint density at radius 1 is 1.00 bits per heavy atom. The van der Waals surface area contributed by atoms with Gasteiger partial charge in [-0.3, -0.25) is 20.2 Å². The third kappa shape index (κ3) is 3.56. The molecule has 0 saturated carbocycles. The van der Waals surface area contributed by atoms with Gasteiger partial charge in [-0.05, 0) is 42.1 Å². The zero-order chi connectivity index (χ0) is 19.0. The van der Waals surface area contributed by atoms with Crippen molar-refractivity contribution in [3.63, 3.8) is 0 Å². The van der Waals surface area contributed by atoms with E-state index in [2.05, 4.69) is 43.3 Å². The Morgan fingerprint density at radius 2 is 1.67 bits per heavy atom. The fourth-order valence-corrected chi connectivity index (χ4v) is 3.52. The summed E-state index contributed by atoms with van der Waals surface area (Å²) in [5.74, 6) is -0.984. The molecule has 2 heterocycles. The molecule has 1 saturated heterocycles. The van der Waals surface area contributed by atoms with Gasteiger partial charge in [-0.2, -0.15) is 0 Å². The molecule has 0 unspecified atom stereocenters. The maximum absolute atomic E-state index is 12.1. The van der Waals surface area contributed by atoms with Gasteiger partial charge in [-0.1, -0.05) is 46.3 Å². The predicted molar refractivity (Wildman–Crippen MR) is 112 cm³/mol. The summed E-state index contributed by atoms with van der Waals surface area (Å²) >= 11 is 8.29. The van der Waals surface area contributed by atoms with Crippen LogP contribution in [0, 0.1) is 0 Å². The molecule has 134 valence electrons. The minimum Gasteiger partial charge on any atom is -0.342 e. The lowest BCUT2D eigenvalue weighted by Crippen LogP contribution is -2.51. The molecule has 7 heteroatoms. The van der Waals surface area contributed by atoms with Crippen molar-refractivity contribution >= 4 is 62.1 Å². The van der Waals surface area contributed by atoms with Crippen LogP contribution >= 0.6 is 28.1 Å². The van der Waals surface area contributed by atoms with E-state index in [1.54, 1.807) is 6.08 Å². The molecule has 0 aliphatic carbocycles. The summed E-state index contributed by atoms with van der Waals surface area (Å²) in [6.45, 7) is 0.680. The van der Waals surface area contributed by atoms with Crippen LogP contribution in [-0.2, 0) is 16.1 Å². The van der Waals surface area contributed by atoms with Gasteiger partial charge in [0, 0.05) is 33.7 Å². The van der Waals surface area contributed by atoms with Gasteiger partial charge in [-0.25, -0.2) is 0 Å². The van der Waals surface area contributed by atoms with Gasteiger partial charge < -0.3 is 4.57 Å². The Bertz CT molecular complexity index is 1090. The fourth-order valence-electron chi connectivity index (χ4n) is 3.07. The van der Waals surface area contributed by atoms with Crippen LogP contribution in [0.1, 0.15) is 11.1 Å². The zero-order valence-electron chi connectivity index (χ0n) is 14.0. The minimum absolute atomic E-state index is 0.0276. The maximum Gasteiger partial charge on any atom is 0.263 e.